The summed E-state index contributed by atoms with van der Waals surface area (Å²) in [6.07, 6.45) is 0. The number of fused-ring (bicyclic) bond motifs is 1. The lowest BCUT2D eigenvalue weighted by Crippen LogP contribution is -2.14. The molecule has 0 amide bonds. The molecule has 2 rings (SSSR count). The number of hydroxylamine groups is 1. The van der Waals surface area contributed by atoms with Crippen LogP contribution in [0.15, 0.2) is 22.6 Å². The molecule has 0 spiro atoms. The Morgan fingerprint density at radius 3 is 2.69 bits per heavy atom. The monoisotopic (exact) mass is 258 g/mol. The van der Waals surface area contributed by atoms with Gasteiger partial charge in [-0.2, -0.15) is 5.48 Å². The van der Waals surface area contributed by atoms with Gasteiger partial charge in [-0.3, -0.25) is 5.41 Å². The summed E-state index contributed by atoms with van der Waals surface area (Å²) in [6.45, 7) is 0. The summed E-state index contributed by atoms with van der Waals surface area (Å²) in [5.41, 5.74) is 2.84. The van der Waals surface area contributed by atoms with Crippen molar-refractivity contribution in [2.24, 2.45) is 0 Å². The molecule has 0 unspecified atom stereocenters. The third-order valence-electron chi connectivity index (χ3n) is 2.01. The maximum Gasteiger partial charge on any atom is 0.273 e. The van der Waals surface area contributed by atoms with Crippen LogP contribution in [-0.4, -0.2) is 12.9 Å². The highest BCUT2D eigenvalue weighted by atomic mass is 35.5. The topological polar surface area (TPSA) is 58.2 Å². The zero-order valence-electron chi connectivity index (χ0n) is 8.30. The molecule has 0 aliphatic rings. The van der Waals surface area contributed by atoms with Crippen LogP contribution >= 0.6 is 23.2 Å². The molecule has 84 valence electrons. The van der Waals surface area contributed by atoms with E-state index in [1.165, 1.54) is 0 Å². The highest BCUT2D eigenvalue weighted by Gasteiger charge is 2.14. The fraction of sp³-hybridized carbons (Fsp3) is 0.100. The van der Waals surface area contributed by atoms with Crippen molar-refractivity contribution in [2.45, 2.75) is 0 Å². The van der Waals surface area contributed by atoms with Crippen molar-refractivity contribution >= 4 is 40.1 Å². The third-order valence-corrected chi connectivity index (χ3v) is 2.64. The van der Waals surface area contributed by atoms with Gasteiger partial charge in [-0.15, -0.1) is 0 Å². The molecule has 0 aliphatic heterocycles. The quantitative estimate of drug-likeness (QED) is 0.494. The first-order valence-corrected chi connectivity index (χ1v) is 5.19. The molecule has 16 heavy (non-hydrogen) atoms. The van der Waals surface area contributed by atoms with E-state index in [2.05, 4.69) is 5.48 Å². The third kappa shape index (κ3) is 1.87. The normalized spacial score (nSPS) is 10.7. The molecular weight excluding hydrogens is 251 g/mol. The average molecular weight is 259 g/mol. The molecule has 2 aromatic rings. The van der Waals surface area contributed by atoms with Gasteiger partial charge in [0, 0.05) is 12.4 Å². The van der Waals surface area contributed by atoms with Crippen molar-refractivity contribution in [1.29, 1.82) is 5.41 Å². The molecule has 6 heteroatoms. The van der Waals surface area contributed by atoms with Gasteiger partial charge in [-0.25, -0.2) is 0 Å². The lowest BCUT2D eigenvalue weighted by molar-refractivity contribution is 0.203. The van der Waals surface area contributed by atoms with Gasteiger partial charge in [0.2, 0.25) is 0 Å². The molecule has 0 saturated carbocycles. The van der Waals surface area contributed by atoms with Crippen LogP contribution in [0, 0.1) is 5.41 Å². The smallest absolute Gasteiger partial charge is 0.273 e. The van der Waals surface area contributed by atoms with E-state index >= 15 is 0 Å². The van der Waals surface area contributed by atoms with Gasteiger partial charge in [-0.05, 0) is 18.2 Å². The second-order valence-corrected chi connectivity index (χ2v) is 3.83. The Labute approximate surface area is 102 Å². The number of furan rings is 1. The average Bonchev–Trinajstić information content (AvgIpc) is 2.70. The van der Waals surface area contributed by atoms with Crippen LogP contribution < -0.4 is 5.48 Å². The SMILES string of the molecule is CNOC(=N)c1cc2c(Cl)ccc(Cl)c2o1. The second-order valence-electron chi connectivity index (χ2n) is 3.02. The second kappa shape index (κ2) is 4.33. The summed E-state index contributed by atoms with van der Waals surface area (Å²) in [4.78, 5) is 4.79. The summed E-state index contributed by atoms with van der Waals surface area (Å²) in [7, 11) is 1.55. The van der Waals surface area contributed by atoms with Gasteiger partial charge < -0.3 is 9.25 Å². The summed E-state index contributed by atoms with van der Waals surface area (Å²) in [5, 5.41) is 9.17. The van der Waals surface area contributed by atoms with E-state index in [1.54, 1.807) is 25.2 Å². The van der Waals surface area contributed by atoms with Crippen molar-refractivity contribution in [3.63, 3.8) is 0 Å². The number of halogens is 2. The largest absolute Gasteiger partial charge is 0.449 e. The fourth-order valence-corrected chi connectivity index (χ4v) is 1.73. The zero-order valence-corrected chi connectivity index (χ0v) is 9.82. The molecular formula is C10H8Cl2N2O2. The van der Waals surface area contributed by atoms with Crippen LogP contribution in [0.3, 0.4) is 0 Å². The molecule has 0 bridgehead atoms. The number of rotatable bonds is 2. The molecule has 2 N–H and O–H groups in total. The minimum absolute atomic E-state index is 0.133. The van der Waals surface area contributed by atoms with E-state index in [-0.39, 0.29) is 11.7 Å². The Bertz CT molecular complexity index is 512. The van der Waals surface area contributed by atoms with E-state index < -0.39 is 0 Å². The van der Waals surface area contributed by atoms with E-state index in [9.17, 15) is 0 Å². The number of hydrogen-bond acceptors (Lipinski definition) is 4. The van der Waals surface area contributed by atoms with Gasteiger partial charge in [-0.1, -0.05) is 23.2 Å². The van der Waals surface area contributed by atoms with Crippen molar-refractivity contribution in [2.75, 3.05) is 7.05 Å². The molecule has 1 aromatic heterocycles. The standard InChI is InChI=1S/C10H8Cl2N2O2/c1-14-16-10(13)8-4-5-6(11)2-3-7(12)9(5)15-8/h2-4,13-14H,1H3. The van der Waals surface area contributed by atoms with Crippen LogP contribution in [0.4, 0.5) is 0 Å². The van der Waals surface area contributed by atoms with Crippen molar-refractivity contribution in [3.8, 4) is 0 Å². The molecule has 0 aliphatic carbocycles. The molecule has 1 aromatic carbocycles. The molecule has 0 saturated heterocycles. The van der Waals surface area contributed by atoms with E-state index in [1.807, 2.05) is 0 Å². The lowest BCUT2D eigenvalue weighted by atomic mass is 10.2. The van der Waals surface area contributed by atoms with Crippen molar-refractivity contribution in [1.82, 2.24) is 5.48 Å². The summed E-state index contributed by atoms with van der Waals surface area (Å²) >= 11 is 11.9. The molecule has 4 nitrogen and oxygen atoms in total. The van der Waals surface area contributed by atoms with Crippen molar-refractivity contribution < 1.29 is 9.25 Å². The Morgan fingerprint density at radius 1 is 1.38 bits per heavy atom. The van der Waals surface area contributed by atoms with Crippen molar-refractivity contribution in [3.05, 3.63) is 34.0 Å². The van der Waals surface area contributed by atoms with Gasteiger partial charge in [0.25, 0.3) is 5.90 Å². The molecule has 1 heterocycles. The van der Waals surface area contributed by atoms with E-state index in [0.29, 0.717) is 21.0 Å². The van der Waals surface area contributed by atoms with E-state index in [4.69, 9.17) is 37.9 Å². The van der Waals surface area contributed by atoms with Crippen LogP contribution in [0.5, 0.6) is 0 Å². The van der Waals surface area contributed by atoms with Gasteiger partial charge in [0.05, 0.1) is 10.0 Å². The molecule has 0 fully saturated rings. The lowest BCUT2D eigenvalue weighted by Gasteiger charge is -1.99. The maximum absolute atomic E-state index is 7.54. The summed E-state index contributed by atoms with van der Waals surface area (Å²) in [5.74, 6) is 0.130. The molecule has 0 radical (unpaired) electrons. The first kappa shape index (κ1) is 11.3. The highest BCUT2D eigenvalue weighted by Crippen LogP contribution is 2.32. The van der Waals surface area contributed by atoms with Crippen LogP contribution in [0.1, 0.15) is 5.76 Å². The maximum atomic E-state index is 7.54. The van der Waals surface area contributed by atoms with Gasteiger partial charge in [0.15, 0.2) is 11.3 Å². The zero-order chi connectivity index (χ0) is 11.7. The summed E-state index contributed by atoms with van der Waals surface area (Å²) in [6, 6.07) is 4.93. The van der Waals surface area contributed by atoms with Crippen LogP contribution in [0.2, 0.25) is 10.0 Å². The van der Waals surface area contributed by atoms with Gasteiger partial charge in [0.1, 0.15) is 0 Å². The first-order chi connectivity index (χ1) is 7.63. The highest BCUT2D eigenvalue weighted by molar-refractivity contribution is 6.39. The molecule has 0 atom stereocenters. The van der Waals surface area contributed by atoms with Crippen LogP contribution in [-0.2, 0) is 4.84 Å². The predicted molar refractivity (Wildman–Crippen MR) is 63.2 cm³/mol. The predicted octanol–water partition coefficient (Wildman–Crippen LogP) is 3.22. The number of nitrogens with one attached hydrogen (secondary N) is 2. The number of benzene rings is 1. The Morgan fingerprint density at radius 2 is 2.06 bits per heavy atom. The minimum Gasteiger partial charge on any atom is -0.449 e. The summed E-state index contributed by atoms with van der Waals surface area (Å²) < 4.78 is 5.39. The van der Waals surface area contributed by atoms with Gasteiger partial charge >= 0.3 is 0 Å². The van der Waals surface area contributed by atoms with E-state index in [0.717, 1.165) is 0 Å². The first-order valence-electron chi connectivity index (χ1n) is 4.43. The fourth-order valence-electron chi connectivity index (χ4n) is 1.32. The Kier molecular flexibility index (Phi) is 3.05. The minimum atomic E-state index is -0.133. The Balaban J connectivity index is 2.55. The Hall–Kier alpha value is -1.23. The number of hydrogen-bond donors (Lipinski definition) is 2. The van der Waals surface area contributed by atoms with Crippen LogP contribution in [0.25, 0.3) is 11.0 Å².